The molecule has 2 N–H and O–H groups in total. The van der Waals surface area contributed by atoms with E-state index in [2.05, 4.69) is 12.2 Å². The van der Waals surface area contributed by atoms with Gasteiger partial charge < -0.3 is 10.4 Å². The number of hydrogen-bond acceptors (Lipinski definition) is 2. The third-order valence-corrected chi connectivity index (χ3v) is 4.28. The lowest BCUT2D eigenvalue weighted by molar-refractivity contribution is 0.0918. The highest BCUT2D eigenvalue weighted by Gasteiger charge is 2.23. The summed E-state index contributed by atoms with van der Waals surface area (Å²) >= 11 is 0. The highest BCUT2D eigenvalue weighted by Crippen LogP contribution is 2.28. The molecule has 1 aromatic rings. The lowest BCUT2D eigenvalue weighted by Gasteiger charge is -2.29. The molecule has 3 heteroatoms. The molecule has 0 radical (unpaired) electrons. The molecular formula is C17H25NO2. The summed E-state index contributed by atoms with van der Waals surface area (Å²) < 4.78 is 0. The maximum Gasteiger partial charge on any atom is 0.255 e. The summed E-state index contributed by atoms with van der Waals surface area (Å²) in [5.74, 6) is 0.754. The van der Waals surface area contributed by atoms with Crippen molar-refractivity contribution in [3.63, 3.8) is 0 Å². The minimum Gasteiger partial charge on any atom is -0.507 e. The van der Waals surface area contributed by atoms with Gasteiger partial charge in [-0.1, -0.05) is 25.8 Å². The molecule has 1 aromatic carbocycles. The maximum atomic E-state index is 12.2. The van der Waals surface area contributed by atoms with Crippen LogP contribution in [0.25, 0.3) is 0 Å². The summed E-state index contributed by atoms with van der Waals surface area (Å²) in [7, 11) is 0. The van der Waals surface area contributed by atoms with Crippen molar-refractivity contribution in [1.82, 2.24) is 5.32 Å². The minimum absolute atomic E-state index is 0.0715. The van der Waals surface area contributed by atoms with Gasteiger partial charge in [0.1, 0.15) is 5.75 Å². The Labute approximate surface area is 121 Å². The second-order valence-corrected chi connectivity index (χ2v) is 6.00. The van der Waals surface area contributed by atoms with E-state index < -0.39 is 0 Å². The Morgan fingerprint density at radius 1 is 1.30 bits per heavy atom. The molecule has 0 unspecified atom stereocenters. The van der Waals surface area contributed by atoms with E-state index >= 15 is 0 Å². The topological polar surface area (TPSA) is 49.3 Å². The molecule has 20 heavy (non-hydrogen) atoms. The SMILES string of the molecule is CCCC1CCC(NC(=O)c2ccc(C)cc2O)CC1. The van der Waals surface area contributed by atoms with E-state index in [1.807, 2.05) is 13.0 Å². The van der Waals surface area contributed by atoms with Gasteiger partial charge in [-0.2, -0.15) is 0 Å². The molecule has 1 aliphatic rings. The molecular weight excluding hydrogens is 250 g/mol. The van der Waals surface area contributed by atoms with Gasteiger partial charge in [-0.05, 0) is 56.2 Å². The quantitative estimate of drug-likeness (QED) is 0.878. The van der Waals surface area contributed by atoms with Crippen molar-refractivity contribution in [2.75, 3.05) is 0 Å². The number of carbonyl (C=O) groups excluding carboxylic acids is 1. The molecule has 0 atom stereocenters. The second-order valence-electron chi connectivity index (χ2n) is 6.00. The first-order chi connectivity index (χ1) is 9.60. The van der Waals surface area contributed by atoms with Crippen molar-refractivity contribution in [2.45, 2.75) is 58.4 Å². The molecule has 0 spiro atoms. The van der Waals surface area contributed by atoms with E-state index in [0.29, 0.717) is 5.56 Å². The van der Waals surface area contributed by atoms with Crippen molar-refractivity contribution in [2.24, 2.45) is 5.92 Å². The van der Waals surface area contributed by atoms with Gasteiger partial charge in [0.2, 0.25) is 0 Å². The van der Waals surface area contributed by atoms with Crippen LogP contribution >= 0.6 is 0 Å². The van der Waals surface area contributed by atoms with Crippen molar-refractivity contribution < 1.29 is 9.90 Å². The Kier molecular flexibility index (Phi) is 5.05. The largest absolute Gasteiger partial charge is 0.507 e. The fraction of sp³-hybridized carbons (Fsp3) is 0.588. The number of rotatable bonds is 4. The first-order valence-corrected chi connectivity index (χ1v) is 7.70. The lowest BCUT2D eigenvalue weighted by Crippen LogP contribution is -2.37. The minimum atomic E-state index is -0.151. The zero-order chi connectivity index (χ0) is 14.5. The number of phenols is 1. The average Bonchev–Trinajstić information content (AvgIpc) is 2.41. The summed E-state index contributed by atoms with van der Waals surface area (Å²) in [6.45, 7) is 4.13. The van der Waals surface area contributed by atoms with Gasteiger partial charge in [-0.15, -0.1) is 0 Å². The summed E-state index contributed by atoms with van der Waals surface area (Å²) in [6.07, 6.45) is 7.09. The molecule has 1 saturated carbocycles. The van der Waals surface area contributed by atoms with Crippen molar-refractivity contribution in [3.05, 3.63) is 29.3 Å². The maximum absolute atomic E-state index is 12.2. The Hall–Kier alpha value is -1.51. The summed E-state index contributed by atoms with van der Waals surface area (Å²) in [6, 6.07) is 5.44. The first-order valence-electron chi connectivity index (χ1n) is 7.70. The molecule has 1 fully saturated rings. The van der Waals surface area contributed by atoms with Crippen molar-refractivity contribution in [3.8, 4) is 5.75 Å². The van der Waals surface area contributed by atoms with Crippen LogP contribution in [0.15, 0.2) is 18.2 Å². The molecule has 0 heterocycles. The van der Waals surface area contributed by atoms with Gasteiger partial charge >= 0.3 is 0 Å². The van der Waals surface area contributed by atoms with Gasteiger partial charge in [-0.25, -0.2) is 0 Å². The van der Waals surface area contributed by atoms with E-state index in [1.54, 1.807) is 12.1 Å². The molecule has 0 bridgehead atoms. The molecule has 0 aliphatic heterocycles. The van der Waals surface area contributed by atoms with Crippen LogP contribution in [0, 0.1) is 12.8 Å². The zero-order valence-electron chi connectivity index (χ0n) is 12.5. The molecule has 110 valence electrons. The van der Waals surface area contributed by atoms with Crippen LogP contribution < -0.4 is 5.32 Å². The monoisotopic (exact) mass is 275 g/mol. The van der Waals surface area contributed by atoms with Crippen LogP contribution in [0.5, 0.6) is 5.75 Å². The Bertz CT molecular complexity index is 462. The predicted octanol–water partition coefficient (Wildman–Crippen LogP) is 3.79. The van der Waals surface area contributed by atoms with Crippen LogP contribution in [0.4, 0.5) is 0 Å². The first kappa shape index (κ1) is 14.9. The number of phenolic OH excluding ortho intramolecular Hbond substituents is 1. The van der Waals surface area contributed by atoms with Crippen LogP contribution in [0.2, 0.25) is 0 Å². The number of amides is 1. The molecule has 0 aromatic heterocycles. The average molecular weight is 275 g/mol. The van der Waals surface area contributed by atoms with Crippen molar-refractivity contribution >= 4 is 5.91 Å². The Morgan fingerprint density at radius 3 is 2.60 bits per heavy atom. The van der Waals surface area contributed by atoms with Gasteiger partial charge in [0, 0.05) is 6.04 Å². The van der Waals surface area contributed by atoms with E-state index in [0.717, 1.165) is 24.3 Å². The van der Waals surface area contributed by atoms with Gasteiger partial charge in [0.15, 0.2) is 0 Å². The fourth-order valence-electron chi connectivity index (χ4n) is 3.10. The van der Waals surface area contributed by atoms with Gasteiger partial charge in [-0.3, -0.25) is 4.79 Å². The zero-order valence-corrected chi connectivity index (χ0v) is 12.5. The number of carbonyl (C=O) groups is 1. The van der Waals surface area contributed by atoms with E-state index in [-0.39, 0.29) is 17.7 Å². The van der Waals surface area contributed by atoms with Crippen molar-refractivity contribution in [1.29, 1.82) is 0 Å². The van der Waals surface area contributed by atoms with Gasteiger partial charge in [0.05, 0.1) is 5.56 Å². The normalized spacial score (nSPS) is 22.5. The second kappa shape index (κ2) is 6.78. The highest BCUT2D eigenvalue weighted by atomic mass is 16.3. The standard InChI is InChI=1S/C17H25NO2/c1-3-4-13-6-8-14(9-7-13)18-17(20)15-10-5-12(2)11-16(15)19/h5,10-11,13-14,19H,3-4,6-9H2,1-2H3,(H,18,20). The number of benzene rings is 1. The third kappa shape index (κ3) is 3.75. The number of aromatic hydroxyl groups is 1. The van der Waals surface area contributed by atoms with E-state index in [4.69, 9.17) is 0 Å². The van der Waals surface area contributed by atoms with Crippen LogP contribution in [0.3, 0.4) is 0 Å². The van der Waals surface area contributed by atoms with Crippen LogP contribution in [-0.2, 0) is 0 Å². The predicted molar refractivity (Wildman–Crippen MR) is 81.0 cm³/mol. The summed E-state index contributed by atoms with van der Waals surface area (Å²) in [5.41, 5.74) is 1.34. The summed E-state index contributed by atoms with van der Waals surface area (Å²) in [4.78, 5) is 12.2. The van der Waals surface area contributed by atoms with Crippen LogP contribution in [0.1, 0.15) is 61.4 Å². The number of hydrogen-bond donors (Lipinski definition) is 2. The lowest BCUT2D eigenvalue weighted by atomic mass is 9.83. The third-order valence-electron chi connectivity index (χ3n) is 4.28. The molecule has 1 amide bonds. The highest BCUT2D eigenvalue weighted by molar-refractivity contribution is 5.97. The molecule has 1 aliphatic carbocycles. The smallest absolute Gasteiger partial charge is 0.255 e. The van der Waals surface area contributed by atoms with E-state index in [1.165, 1.54) is 25.7 Å². The Balaban J connectivity index is 1.89. The number of nitrogens with one attached hydrogen (secondary N) is 1. The van der Waals surface area contributed by atoms with Gasteiger partial charge in [0.25, 0.3) is 5.91 Å². The molecule has 2 rings (SSSR count). The fourth-order valence-corrected chi connectivity index (χ4v) is 3.10. The summed E-state index contributed by atoms with van der Waals surface area (Å²) in [5, 5.41) is 12.9. The van der Waals surface area contributed by atoms with E-state index in [9.17, 15) is 9.90 Å². The Morgan fingerprint density at radius 2 is 2.00 bits per heavy atom. The number of aryl methyl sites for hydroxylation is 1. The van der Waals surface area contributed by atoms with Crippen LogP contribution in [-0.4, -0.2) is 17.1 Å². The molecule has 0 saturated heterocycles. The molecule has 3 nitrogen and oxygen atoms in total.